The van der Waals surface area contributed by atoms with E-state index in [-0.39, 0.29) is 9.63 Å². The summed E-state index contributed by atoms with van der Waals surface area (Å²) in [5.74, 6) is 0. The first-order valence-corrected chi connectivity index (χ1v) is 8.61. The summed E-state index contributed by atoms with van der Waals surface area (Å²) in [6, 6.07) is 5.29. The van der Waals surface area contributed by atoms with Crippen molar-refractivity contribution in [1.29, 1.82) is 0 Å². The monoisotopic (exact) mass is 371 g/mol. The summed E-state index contributed by atoms with van der Waals surface area (Å²) >= 11 is 3.15. The second-order valence-corrected chi connectivity index (χ2v) is 7.41. The first-order valence-electron chi connectivity index (χ1n) is 6.37. The number of aromatic nitrogens is 3. The molecule has 1 aliphatic rings. The minimum Gasteiger partial charge on any atom is -0.399 e. The molecule has 1 aromatic carbocycles. The molecule has 3 rings (SSSR count). The van der Waals surface area contributed by atoms with E-state index in [4.69, 9.17) is 5.73 Å². The lowest BCUT2D eigenvalue weighted by molar-refractivity contribution is 0.565. The van der Waals surface area contributed by atoms with Gasteiger partial charge in [0.25, 0.3) is 10.0 Å². The first kappa shape index (κ1) is 14.3. The van der Waals surface area contributed by atoms with E-state index >= 15 is 0 Å². The molecule has 0 fully saturated rings. The lowest BCUT2D eigenvalue weighted by Gasteiger charge is -2.30. The molecule has 0 aliphatic carbocycles. The van der Waals surface area contributed by atoms with Crippen LogP contribution < -0.4 is 10.0 Å². The second-order valence-electron chi connectivity index (χ2n) is 4.88. The molecular weight excluding hydrogens is 358 g/mol. The number of benzene rings is 1. The van der Waals surface area contributed by atoms with Crippen molar-refractivity contribution in [3.63, 3.8) is 0 Å². The normalized spacial score (nSPS) is 15.0. The van der Waals surface area contributed by atoms with E-state index in [1.54, 1.807) is 19.2 Å². The summed E-state index contributed by atoms with van der Waals surface area (Å²) in [4.78, 5) is 0. The molecule has 0 spiro atoms. The van der Waals surface area contributed by atoms with Gasteiger partial charge >= 0.3 is 0 Å². The van der Waals surface area contributed by atoms with Crippen molar-refractivity contribution in [1.82, 2.24) is 15.0 Å². The average Bonchev–Trinajstić information content (AvgIpc) is 2.77. The number of anilines is 2. The van der Waals surface area contributed by atoms with Crippen molar-refractivity contribution in [2.45, 2.75) is 17.9 Å². The van der Waals surface area contributed by atoms with Gasteiger partial charge in [-0.1, -0.05) is 5.21 Å². The quantitative estimate of drug-likeness (QED) is 0.802. The van der Waals surface area contributed by atoms with Gasteiger partial charge in [-0.2, -0.15) is 8.42 Å². The molecule has 9 heteroatoms. The standard InChI is InChI=1S/C12H14BrN5O2S/c1-17-12(11(13)15-16-17)21(19,20)18-6-2-3-8-7-9(14)4-5-10(8)18/h4-5,7H,2-3,6,14H2,1H3. The van der Waals surface area contributed by atoms with Gasteiger partial charge in [-0.15, -0.1) is 5.10 Å². The SMILES string of the molecule is Cn1nnc(Br)c1S(=O)(=O)N1CCCc2cc(N)ccc21. The van der Waals surface area contributed by atoms with Gasteiger partial charge in [0.15, 0.2) is 4.60 Å². The lowest BCUT2D eigenvalue weighted by atomic mass is 10.0. The van der Waals surface area contributed by atoms with Crippen molar-refractivity contribution < 1.29 is 8.42 Å². The van der Waals surface area contributed by atoms with Crippen molar-refractivity contribution in [2.75, 3.05) is 16.6 Å². The molecule has 1 aliphatic heterocycles. The van der Waals surface area contributed by atoms with E-state index in [0.29, 0.717) is 17.9 Å². The third-order valence-electron chi connectivity index (χ3n) is 3.45. The Bertz CT molecular complexity index is 782. The number of rotatable bonds is 2. The zero-order chi connectivity index (χ0) is 15.2. The zero-order valence-electron chi connectivity index (χ0n) is 11.3. The minimum absolute atomic E-state index is 0.0483. The third kappa shape index (κ3) is 2.30. The Morgan fingerprint density at radius 1 is 1.38 bits per heavy atom. The molecular formula is C12H14BrN5O2S. The number of hydrogen-bond acceptors (Lipinski definition) is 5. The first-order chi connectivity index (χ1) is 9.91. The van der Waals surface area contributed by atoms with Gasteiger partial charge in [-0.25, -0.2) is 4.68 Å². The van der Waals surface area contributed by atoms with Crippen LogP contribution in [0.4, 0.5) is 11.4 Å². The van der Waals surface area contributed by atoms with Crippen molar-refractivity contribution in [3.05, 3.63) is 28.4 Å². The van der Waals surface area contributed by atoms with Crippen molar-refractivity contribution in [3.8, 4) is 0 Å². The maximum atomic E-state index is 12.9. The molecule has 0 saturated carbocycles. The number of nitrogens with zero attached hydrogens (tertiary/aromatic N) is 4. The summed E-state index contributed by atoms with van der Waals surface area (Å²) in [5, 5.41) is 7.54. The molecule has 2 aromatic rings. The van der Waals surface area contributed by atoms with Crippen molar-refractivity contribution in [2.24, 2.45) is 7.05 Å². The number of fused-ring (bicyclic) bond motifs is 1. The topological polar surface area (TPSA) is 94.1 Å². The summed E-state index contributed by atoms with van der Waals surface area (Å²) < 4.78 is 28.7. The van der Waals surface area contributed by atoms with E-state index in [0.717, 1.165) is 18.4 Å². The number of aryl methyl sites for hydroxylation is 2. The molecule has 0 amide bonds. The van der Waals surface area contributed by atoms with Gasteiger partial charge in [-0.05, 0) is 52.5 Å². The Hall–Kier alpha value is -1.61. The second kappa shape index (κ2) is 4.99. The van der Waals surface area contributed by atoms with Crippen molar-refractivity contribution >= 4 is 37.3 Å². The maximum absolute atomic E-state index is 12.9. The summed E-state index contributed by atoms with van der Waals surface area (Å²) in [5.41, 5.74) is 8.03. The van der Waals surface area contributed by atoms with Crippen LogP contribution in [0.5, 0.6) is 0 Å². The van der Waals surface area contributed by atoms with Gasteiger partial charge in [0, 0.05) is 19.3 Å². The number of sulfonamides is 1. The highest BCUT2D eigenvalue weighted by Gasteiger charge is 2.33. The van der Waals surface area contributed by atoms with E-state index in [2.05, 4.69) is 26.2 Å². The molecule has 112 valence electrons. The molecule has 21 heavy (non-hydrogen) atoms. The van der Waals surface area contributed by atoms with E-state index in [1.807, 2.05) is 6.07 Å². The maximum Gasteiger partial charge on any atom is 0.284 e. The summed E-state index contributed by atoms with van der Waals surface area (Å²) in [7, 11) is -2.17. The van der Waals surface area contributed by atoms with Gasteiger partial charge in [0.2, 0.25) is 5.03 Å². The van der Waals surface area contributed by atoms with Crippen LogP contribution in [0.1, 0.15) is 12.0 Å². The van der Waals surface area contributed by atoms with Crippen LogP contribution in [-0.2, 0) is 23.5 Å². The predicted molar refractivity (Wildman–Crippen MR) is 82.4 cm³/mol. The Morgan fingerprint density at radius 2 is 2.14 bits per heavy atom. The van der Waals surface area contributed by atoms with E-state index in [1.165, 1.54) is 8.99 Å². The van der Waals surface area contributed by atoms with Crippen LogP contribution >= 0.6 is 15.9 Å². The Morgan fingerprint density at radius 3 is 2.81 bits per heavy atom. The number of hydrogen-bond donors (Lipinski definition) is 1. The van der Waals surface area contributed by atoms with Crippen LogP contribution in [0.25, 0.3) is 0 Å². The number of nitrogen functional groups attached to an aromatic ring is 1. The molecule has 0 atom stereocenters. The van der Waals surface area contributed by atoms with E-state index in [9.17, 15) is 8.42 Å². The molecule has 7 nitrogen and oxygen atoms in total. The summed E-state index contributed by atoms with van der Waals surface area (Å²) in [6.45, 7) is 0.427. The fourth-order valence-electron chi connectivity index (χ4n) is 2.53. The van der Waals surface area contributed by atoms with Crippen LogP contribution in [0, 0.1) is 0 Å². The molecule has 2 N–H and O–H groups in total. The van der Waals surface area contributed by atoms with Gasteiger partial charge in [0.1, 0.15) is 0 Å². The van der Waals surface area contributed by atoms with Crippen LogP contribution in [0.2, 0.25) is 0 Å². The average molecular weight is 372 g/mol. The lowest BCUT2D eigenvalue weighted by Crippen LogP contribution is -2.36. The number of nitrogens with two attached hydrogens (primary N) is 1. The van der Waals surface area contributed by atoms with Crippen LogP contribution in [0.3, 0.4) is 0 Å². The smallest absolute Gasteiger partial charge is 0.284 e. The minimum atomic E-state index is -3.72. The molecule has 0 radical (unpaired) electrons. The fraction of sp³-hybridized carbons (Fsp3) is 0.333. The highest BCUT2D eigenvalue weighted by atomic mass is 79.9. The van der Waals surface area contributed by atoms with E-state index < -0.39 is 10.0 Å². The zero-order valence-corrected chi connectivity index (χ0v) is 13.7. The molecule has 0 unspecified atom stereocenters. The Balaban J connectivity index is 2.14. The van der Waals surface area contributed by atoms with Gasteiger partial charge < -0.3 is 5.73 Å². The highest BCUT2D eigenvalue weighted by molar-refractivity contribution is 9.10. The molecule has 1 aromatic heterocycles. The predicted octanol–water partition coefficient (Wildman–Crippen LogP) is 1.30. The molecule has 2 heterocycles. The third-order valence-corrected chi connectivity index (χ3v) is 6.15. The van der Waals surface area contributed by atoms with Gasteiger partial charge in [0.05, 0.1) is 5.69 Å². The largest absolute Gasteiger partial charge is 0.399 e. The fourth-order valence-corrected chi connectivity index (χ4v) is 5.11. The molecule has 0 bridgehead atoms. The Kier molecular flexibility index (Phi) is 3.40. The summed E-state index contributed by atoms with van der Waals surface area (Å²) in [6.07, 6.45) is 1.57. The van der Waals surface area contributed by atoms with Crippen LogP contribution in [-0.4, -0.2) is 30.0 Å². The van der Waals surface area contributed by atoms with Gasteiger partial charge in [-0.3, -0.25) is 4.31 Å². The highest BCUT2D eigenvalue weighted by Crippen LogP contribution is 2.34. The molecule has 0 saturated heterocycles. The number of halogens is 1. The van der Waals surface area contributed by atoms with Crippen LogP contribution in [0.15, 0.2) is 27.8 Å². The Labute approximate surface area is 130 Å².